The molecule has 1 aliphatic carbocycles. The predicted molar refractivity (Wildman–Crippen MR) is 145 cm³/mol. The molecule has 0 unspecified atom stereocenters. The Kier molecular flexibility index (Phi) is 9.68. The smallest absolute Gasteiger partial charge is 0.334 e. The van der Waals surface area contributed by atoms with E-state index in [0.29, 0.717) is 31.6 Å². The number of rotatable bonds is 13. The molecule has 0 saturated heterocycles. The minimum absolute atomic E-state index is 0.116. The van der Waals surface area contributed by atoms with Gasteiger partial charge in [0, 0.05) is 23.9 Å². The Morgan fingerprint density at radius 2 is 1.53 bits per heavy atom. The van der Waals surface area contributed by atoms with Crippen LogP contribution >= 0.6 is 0 Å². The van der Waals surface area contributed by atoms with Gasteiger partial charge in [-0.15, -0.1) is 0 Å². The number of carbonyl (C=O) groups excluding carboxylic acids is 2. The van der Waals surface area contributed by atoms with E-state index in [1.165, 1.54) is 22.3 Å². The van der Waals surface area contributed by atoms with Crippen LogP contribution in [0.25, 0.3) is 11.1 Å². The Labute approximate surface area is 215 Å². The topological polar surface area (TPSA) is 91.0 Å². The number of carbonyl (C=O) groups is 2. The number of oxime groups is 1. The maximum atomic E-state index is 12.0. The highest BCUT2D eigenvalue weighted by Crippen LogP contribution is 2.54. The van der Waals surface area contributed by atoms with E-state index in [1.807, 2.05) is 19.1 Å². The maximum absolute atomic E-state index is 12.0. The fourth-order valence-electron chi connectivity index (χ4n) is 5.31. The predicted octanol–water partition coefficient (Wildman–Crippen LogP) is 6.92. The van der Waals surface area contributed by atoms with Gasteiger partial charge < -0.3 is 15.3 Å². The third-order valence-corrected chi connectivity index (χ3v) is 6.88. The number of ether oxygens (including phenoxy) is 1. The molecule has 6 nitrogen and oxygen atoms in total. The quantitative estimate of drug-likeness (QED) is 0.108. The van der Waals surface area contributed by atoms with Gasteiger partial charge >= 0.3 is 11.9 Å². The van der Waals surface area contributed by atoms with E-state index in [2.05, 4.69) is 43.3 Å². The Morgan fingerprint density at radius 3 is 2.17 bits per heavy atom. The lowest BCUT2D eigenvalue weighted by molar-refractivity contribution is -0.144. The van der Waals surface area contributed by atoms with Crippen LogP contribution in [0, 0.1) is 0 Å². The van der Waals surface area contributed by atoms with E-state index in [4.69, 9.17) is 15.3 Å². The molecular weight excluding hydrogens is 452 g/mol. The van der Waals surface area contributed by atoms with Crippen LogP contribution in [0.4, 0.5) is 5.69 Å². The van der Waals surface area contributed by atoms with E-state index >= 15 is 0 Å². The number of anilines is 1. The Balaban J connectivity index is 2.00. The molecule has 2 aromatic rings. The molecule has 1 aliphatic rings. The fraction of sp³-hybridized carbons (Fsp3) is 0.500. The molecule has 0 fully saturated rings. The number of nitrogens with two attached hydrogens (primary N) is 1. The number of benzene rings is 2. The minimum Gasteiger partial charge on any atom is -0.466 e. The van der Waals surface area contributed by atoms with Crippen molar-refractivity contribution in [3.63, 3.8) is 0 Å². The van der Waals surface area contributed by atoms with Crippen molar-refractivity contribution < 1.29 is 19.2 Å². The second-order valence-electron chi connectivity index (χ2n) is 9.58. The van der Waals surface area contributed by atoms with Crippen LogP contribution in [0.1, 0.15) is 102 Å². The molecule has 0 aromatic heterocycles. The molecule has 2 aromatic carbocycles. The first-order valence-electron chi connectivity index (χ1n) is 13.4. The second kappa shape index (κ2) is 12.7. The summed E-state index contributed by atoms with van der Waals surface area (Å²) in [6.45, 7) is 8.59. The van der Waals surface area contributed by atoms with Crippen molar-refractivity contribution in [1.82, 2.24) is 0 Å². The van der Waals surface area contributed by atoms with Crippen LogP contribution < -0.4 is 5.73 Å². The Hall–Kier alpha value is -3.15. The van der Waals surface area contributed by atoms with Crippen molar-refractivity contribution in [2.45, 2.75) is 90.9 Å². The Bertz CT molecular complexity index is 1100. The summed E-state index contributed by atoms with van der Waals surface area (Å²) in [5, 5.41) is 4.25. The lowest BCUT2D eigenvalue weighted by atomic mass is 9.71. The molecule has 0 atom stereocenters. The lowest BCUT2D eigenvalue weighted by Gasteiger charge is -2.32. The van der Waals surface area contributed by atoms with Crippen LogP contribution in [-0.2, 0) is 24.6 Å². The fourth-order valence-corrected chi connectivity index (χ4v) is 5.31. The van der Waals surface area contributed by atoms with Crippen molar-refractivity contribution in [3.05, 3.63) is 53.1 Å². The van der Waals surface area contributed by atoms with Gasteiger partial charge in [-0.2, -0.15) is 0 Å². The van der Waals surface area contributed by atoms with E-state index in [9.17, 15) is 9.59 Å². The molecule has 3 rings (SSSR count). The van der Waals surface area contributed by atoms with Gasteiger partial charge in [0.2, 0.25) is 0 Å². The molecule has 0 bridgehead atoms. The monoisotopic (exact) mass is 492 g/mol. The van der Waals surface area contributed by atoms with Gasteiger partial charge in [-0.25, -0.2) is 4.79 Å². The van der Waals surface area contributed by atoms with Gasteiger partial charge in [0.25, 0.3) is 0 Å². The molecule has 0 saturated carbocycles. The molecule has 36 heavy (non-hydrogen) atoms. The summed E-state index contributed by atoms with van der Waals surface area (Å²) in [5.41, 5.74) is 13.5. The van der Waals surface area contributed by atoms with Crippen LogP contribution in [0.15, 0.2) is 41.6 Å². The minimum atomic E-state index is -0.384. The highest BCUT2D eigenvalue weighted by Gasteiger charge is 2.42. The maximum Gasteiger partial charge on any atom is 0.334 e. The van der Waals surface area contributed by atoms with Crippen LogP contribution in [0.2, 0.25) is 0 Å². The zero-order chi connectivity index (χ0) is 26.1. The summed E-state index contributed by atoms with van der Waals surface area (Å²) >= 11 is 0. The highest BCUT2D eigenvalue weighted by molar-refractivity contribution is 6.02. The van der Waals surface area contributed by atoms with Crippen molar-refractivity contribution in [3.8, 4) is 11.1 Å². The SMILES string of the molecule is CCCOC(=O)CCCC(=NOC(=O)CC)c1ccc2c(c1)C(CCC)(CCC)c1cc(N)ccc1-2. The molecule has 0 amide bonds. The highest BCUT2D eigenvalue weighted by atomic mass is 16.7. The molecule has 194 valence electrons. The van der Waals surface area contributed by atoms with E-state index in [0.717, 1.165) is 43.4 Å². The molecule has 2 N–H and O–H groups in total. The number of fused-ring (bicyclic) bond motifs is 3. The molecular formula is C30H40N2O4. The Morgan fingerprint density at radius 1 is 0.861 bits per heavy atom. The number of hydrogen-bond acceptors (Lipinski definition) is 6. The van der Waals surface area contributed by atoms with E-state index in [-0.39, 0.29) is 23.8 Å². The van der Waals surface area contributed by atoms with Crippen molar-refractivity contribution >= 4 is 23.3 Å². The van der Waals surface area contributed by atoms with Crippen molar-refractivity contribution in [2.75, 3.05) is 12.3 Å². The first kappa shape index (κ1) is 27.4. The van der Waals surface area contributed by atoms with Gasteiger partial charge in [-0.05, 0) is 78.1 Å². The average molecular weight is 493 g/mol. The van der Waals surface area contributed by atoms with Crippen LogP contribution in [-0.4, -0.2) is 24.3 Å². The average Bonchev–Trinajstić information content (AvgIpc) is 3.13. The van der Waals surface area contributed by atoms with Gasteiger partial charge in [-0.3, -0.25) is 4.79 Å². The summed E-state index contributed by atoms with van der Waals surface area (Å²) in [7, 11) is 0. The van der Waals surface area contributed by atoms with Crippen molar-refractivity contribution in [2.24, 2.45) is 5.16 Å². The largest absolute Gasteiger partial charge is 0.466 e. The summed E-state index contributed by atoms with van der Waals surface area (Å²) in [6, 6.07) is 12.7. The number of nitrogens with zero attached hydrogens (tertiary/aromatic N) is 1. The summed E-state index contributed by atoms with van der Waals surface area (Å²) in [6.07, 6.45) is 6.55. The van der Waals surface area contributed by atoms with Crippen LogP contribution in [0.5, 0.6) is 0 Å². The normalized spacial score (nSPS) is 13.7. The van der Waals surface area contributed by atoms with E-state index < -0.39 is 0 Å². The first-order chi connectivity index (χ1) is 17.4. The first-order valence-corrected chi connectivity index (χ1v) is 13.4. The second-order valence-corrected chi connectivity index (χ2v) is 9.58. The van der Waals surface area contributed by atoms with Crippen molar-refractivity contribution in [1.29, 1.82) is 0 Å². The third kappa shape index (κ3) is 5.97. The van der Waals surface area contributed by atoms with Crippen LogP contribution in [0.3, 0.4) is 0 Å². The summed E-state index contributed by atoms with van der Waals surface area (Å²) in [5.74, 6) is -0.598. The zero-order valence-corrected chi connectivity index (χ0v) is 22.2. The molecule has 0 spiro atoms. The zero-order valence-electron chi connectivity index (χ0n) is 22.2. The number of hydrogen-bond donors (Lipinski definition) is 1. The van der Waals surface area contributed by atoms with Gasteiger partial charge in [0.15, 0.2) is 0 Å². The van der Waals surface area contributed by atoms with Gasteiger partial charge in [0.05, 0.1) is 12.3 Å². The molecule has 0 radical (unpaired) electrons. The standard InChI is InChI=1S/C30H40N2O4/c1-5-16-30(17-6-2)25-19-21(12-14-23(25)24-15-13-22(31)20-26(24)30)27(32-36-28(33)8-4)10-9-11-29(34)35-18-7-3/h12-15,19-20H,5-11,16-18,31H2,1-4H3. The number of nitrogen functional groups attached to an aromatic ring is 1. The van der Waals surface area contributed by atoms with Gasteiger partial charge in [0.1, 0.15) is 0 Å². The summed E-state index contributed by atoms with van der Waals surface area (Å²) in [4.78, 5) is 29.1. The molecule has 6 heteroatoms. The third-order valence-electron chi connectivity index (χ3n) is 6.88. The van der Waals surface area contributed by atoms with Gasteiger partial charge in [-0.1, -0.05) is 63.9 Å². The molecule has 0 heterocycles. The molecule has 0 aliphatic heterocycles. The number of esters is 1. The summed E-state index contributed by atoms with van der Waals surface area (Å²) < 4.78 is 5.21. The lowest BCUT2D eigenvalue weighted by Crippen LogP contribution is -2.25. The van der Waals surface area contributed by atoms with E-state index in [1.54, 1.807) is 6.92 Å².